The second-order valence-corrected chi connectivity index (χ2v) is 5.16. The number of nitrogens with zero attached hydrogens (tertiary/aromatic N) is 2. The normalized spacial score (nSPS) is 15.1. The maximum Gasteiger partial charge on any atom is 0.254 e. The molecule has 1 saturated carbocycles. The van der Waals surface area contributed by atoms with E-state index in [-0.39, 0.29) is 24.4 Å². The Kier molecular flexibility index (Phi) is 4.98. The number of hydrogen-bond acceptors (Lipinski definition) is 3. The Bertz CT molecular complexity index is 595. The third-order valence-electron chi connectivity index (χ3n) is 3.63. The van der Waals surface area contributed by atoms with Gasteiger partial charge in [0.1, 0.15) is 0 Å². The van der Waals surface area contributed by atoms with Gasteiger partial charge < -0.3 is 11.1 Å². The van der Waals surface area contributed by atoms with E-state index in [2.05, 4.69) is 10.4 Å². The summed E-state index contributed by atoms with van der Waals surface area (Å²) in [7, 11) is 0. The number of benzene rings is 1. The topological polar surface area (TPSA) is 72.9 Å². The molecule has 1 aliphatic rings. The van der Waals surface area contributed by atoms with Crippen molar-refractivity contribution >= 4 is 18.3 Å². The molecule has 1 unspecified atom stereocenters. The molecule has 6 heteroatoms. The minimum absolute atomic E-state index is 0. The molecule has 0 radical (unpaired) electrons. The fraction of sp³-hybridized carbons (Fsp3) is 0.333. The van der Waals surface area contributed by atoms with Gasteiger partial charge in [-0.3, -0.25) is 4.79 Å². The zero-order valence-corrected chi connectivity index (χ0v) is 12.4. The fourth-order valence-corrected chi connectivity index (χ4v) is 2.28. The first-order chi connectivity index (χ1) is 9.78. The van der Waals surface area contributed by atoms with E-state index in [1.165, 1.54) is 0 Å². The van der Waals surface area contributed by atoms with E-state index in [1.807, 2.05) is 30.3 Å². The van der Waals surface area contributed by atoms with E-state index >= 15 is 0 Å². The number of rotatable bonds is 5. The molecular formula is C15H19ClN4O. The molecule has 0 aliphatic heterocycles. The zero-order valence-electron chi connectivity index (χ0n) is 11.6. The molecule has 0 saturated heterocycles. The SMILES string of the molecule is Cl.NCC(NC(=O)c1cnn(-c2ccccc2)c1)C1CC1. The molecule has 5 nitrogen and oxygen atoms in total. The predicted octanol–water partition coefficient (Wildman–Crippen LogP) is 1.76. The van der Waals surface area contributed by atoms with Crippen LogP contribution < -0.4 is 11.1 Å². The Morgan fingerprint density at radius 2 is 2.10 bits per heavy atom. The van der Waals surface area contributed by atoms with Crippen LogP contribution in [0.3, 0.4) is 0 Å². The summed E-state index contributed by atoms with van der Waals surface area (Å²) in [5.41, 5.74) is 7.20. The summed E-state index contributed by atoms with van der Waals surface area (Å²) >= 11 is 0. The van der Waals surface area contributed by atoms with E-state index in [9.17, 15) is 4.79 Å². The van der Waals surface area contributed by atoms with Crippen molar-refractivity contribution in [3.8, 4) is 5.69 Å². The molecule has 1 atom stereocenters. The molecule has 112 valence electrons. The van der Waals surface area contributed by atoms with E-state index in [0.29, 0.717) is 18.0 Å². The second kappa shape index (κ2) is 6.74. The van der Waals surface area contributed by atoms with Gasteiger partial charge in [0.15, 0.2) is 0 Å². The first-order valence-corrected chi connectivity index (χ1v) is 6.89. The Labute approximate surface area is 129 Å². The summed E-state index contributed by atoms with van der Waals surface area (Å²) in [6.45, 7) is 0.489. The lowest BCUT2D eigenvalue weighted by Crippen LogP contribution is -2.41. The lowest BCUT2D eigenvalue weighted by atomic mass is 10.2. The number of nitrogens with one attached hydrogen (secondary N) is 1. The Morgan fingerprint density at radius 1 is 1.38 bits per heavy atom. The van der Waals surface area contributed by atoms with Crippen molar-refractivity contribution in [1.29, 1.82) is 0 Å². The van der Waals surface area contributed by atoms with Gasteiger partial charge in [-0.05, 0) is 30.9 Å². The zero-order chi connectivity index (χ0) is 13.9. The Balaban J connectivity index is 0.00000161. The number of halogens is 1. The minimum Gasteiger partial charge on any atom is -0.348 e. The standard InChI is InChI=1S/C15H18N4O.ClH/c16-8-14(11-6-7-11)18-15(20)12-9-17-19(10-12)13-4-2-1-3-5-13;/h1-5,9-11,14H,6-8,16H2,(H,18,20);1H. The maximum atomic E-state index is 12.2. The number of carbonyl (C=O) groups is 1. The molecule has 1 fully saturated rings. The third-order valence-corrected chi connectivity index (χ3v) is 3.63. The van der Waals surface area contributed by atoms with Crippen molar-refractivity contribution in [2.45, 2.75) is 18.9 Å². The van der Waals surface area contributed by atoms with Gasteiger partial charge in [-0.2, -0.15) is 5.10 Å². The second-order valence-electron chi connectivity index (χ2n) is 5.16. The number of carbonyl (C=O) groups excluding carboxylic acids is 1. The lowest BCUT2D eigenvalue weighted by Gasteiger charge is -2.14. The quantitative estimate of drug-likeness (QED) is 0.884. The van der Waals surface area contributed by atoms with Gasteiger partial charge in [-0.15, -0.1) is 12.4 Å². The molecule has 0 spiro atoms. The van der Waals surface area contributed by atoms with Gasteiger partial charge in [0.05, 0.1) is 17.4 Å². The molecule has 3 rings (SSSR count). The first-order valence-electron chi connectivity index (χ1n) is 6.89. The van der Waals surface area contributed by atoms with Crippen LogP contribution in [0.15, 0.2) is 42.7 Å². The summed E-state index contributed by atoms with van der Waals surface area (Å²) in [6.07, 6.45) is 5.64. The molecular weight excluding hydrogens is 288 g/mol. The maximum absolute atomic E-state index is 12.2. The van der Waals surface area contributed by atoms with E-state index in [0.717, 1.165) is 18.5 Å². The molecule has 1 aromatic heterocycles. The van der Waals surface area contributed by atoms with Gasteiger partial charge in [-0.25, -0.2) is 4.68 Å². The predicted molar refractivity (Wildman–Crippen MR) is 83.8 cm³/mol. The summed E-state index contributed by atoms with van der Waals surface area (Å²) in [4.78, 5) is 12.2. The van der Waals surface area contributed by atoms with Crippen LogP contribution in [0.1, 0.15) is 23.2 Å². The molecule has 3 N–H and O–H groups in total. The number of para-hydroxylation sites is 1. The van der Waals surface area contributed by atoms with Gasteiger partial charge in [0, 0.05) is 18.8 Å². The van der Waals surface area contributed by atoms with Crippen LogP contribution >= 0.6 is 12.4 Å². The van der Waals surface area contributed by atoms with Gasteiger partial charge in [0.2, 0.25) is 0 Å². The van der Waals surface area contributed by atoms with Crippen LogP contribution in [0, 0.1) is 5.92 Å². The van der Waals surface area contributed by atoms with E-state index < -0.39 is 0 Å². The molecule has 21 heavy (non-hydrogen) atoms. The van der Waals surface area contributed by atoms with Crippen LogP contribution in [0.5, 0.6) is 0 Å². The highest BCUT2D eigenvalue weighted by molar-refractivity contribution is 5.94. The molecule has 1 aromatic carbocycles. The average Bonchev–Trinajstić information content (AvgIpc) is 3.21. The summed E-state index contributed by atoms with van der Waals surface area (Å²) in [6, 6.07) is 9.80. The van der Waals surface area contributed by atoms with Crippen molar-refractivity contribution in [3.63, 3.8) is 0 Å². The van der Waals surface area contributed by atoms with Gasteiger partial charge >= 0.3 is 0 Å². The van der Waals surface area contributed by atoms with Crippen molar-refractivity contribution in [3.05, 3.63) is 48.3 Å². The largest absolute Gasteiger partial charge is 0.348 e. The average molecular weight is 307 g/mol. The summed E-state index contributed by atoms with van der Waals surface area (Å²) in [5.74, 6) is 0.447. The molecule has 1 aliphatic carbocycles. The third kappa shape index (κ3) is 3.62. The number of hydrogen-bond donors (Lipinski definition) is 2. The molecule has 2 aromatic rings. The number of nitrogens with two attached hydrogens (primary N) is 1. The molecule has 1 amide bonds. The van der Waals surface area contributed by atoms with Crippen molar-refractivity contribution in [1.82, 2.24) is 15.1 Å². The highest BCUT2D eigenvalue weighted by Gasteiger charge is 2.31. The van der Waals surface area contributed by atoms with Crippen LogP contribution in [0.25, 0.3) is 5.69 Å². The minimum atomic E-state index is -0.102. The van der Waals surface area contributed by atoms with Gasteiger partial charge in [-0.1, -0.05) is 18.2 Å². The monoisotopic (exact) mass is 306 g/mol. The lowest BCUT2D eigenvalue weighted by molar-refractivity contribution is 0.0933. The van der Waals surface area contributed by atoms with E-state index in [4.69, 9.17) is 5.73 Å². The smallest absolute Gasteiger partial charge is 0.254 e. The Morgan fingerprint density at radius 3 is 2.71 bits per heavy atom. The number of amides is 1. The number of aromatic nitrogens is 2. The highest BCUT2D eigenvalue weighted by atomic mass is 35.5. The van der Waals surface area contributed by atoms with Crippen molar-refractivity contribution < 1.29 is 4.79 Å². The van der Waals surface area contributed by atoms with E-state index in [1.54, 1.807) is 17.1 Å². The van der Waals surface area contributed by atoms with Gasteiger partial charge in [0.25, 0.3) is 5.91 Å². The molecule has 0 bridgehead atoms. The first kappa shape index (κ1) is 15.5. The van der Waals surface area contributed by atoms with Crippen LogP contribution in [-0.4, -0.2) is 28.3 Å². The summed E-state index contributed by atoms with van der Waals surface area (Å²) < 4.78 is 1.70. The molecule has 1 heterocycles. The van der Waals surface area contributed by atoms with Crippen LogP contribution in [0.4, 0.5) is 0 Å². The highest BCUT2D eigenvalue weighted by Crippen LogP contribution is 2.32. The Hall–Kier alpha value is -1.85. The summed E-state index contributed by atoms with van der Waals surface area (Å²) in [5, 5.41) is 7.22. The van der Waals surface area contributed by atoms with Crippen molar-refractivity contribution in [2.24, 2.45) is 11.7 Å². The van der Waals surface area contributed by atoms with Crippen LogP contribution in [0.2, 0.25) is 0 Å². The van der Waals surface area contributed by atoms with Crippen LogP contribution in [-0.2, 0) is 0 Å². The fourth-order valence-electron chi connectivity index (χ4n) is 2.28. The van der Waals surface area contributed by atoms with Crippen molar-refractivity contribution in [2.75, 3.05) is 6.54 Å².